The number of hydrogen-bond acceptors (Lipinski definition) is 3. The van der Waals surface area contributed by atoms with Crippen molar-refractivity contribution in [3.05, 3.63) is 76.2 Å². The summed E-state index contributed by atoms with van der Waals surface area (Å²) in [5, 5.41) is 16.1. The van der Waals surface area contributed by atoms with E-state index in [9.17, 15) is 9.18 Å². The van der Waals surface area contributed by atoms with Gasteiger partial charge < -0.3 is 5.32 Å². The molecule has 0 unspecified atom stereocenters. The van der Waals surface area contributed by atoms with Crippen LogP contribution >= 0.6 is 0 Å². The van der Waals surface area contributed by atoms with Gasteiger partial charge in [0, 0.05) is 5.56 Å². The zero-order valence-electron chi connectivity index (χ0n) is 14.7. The highest BCUT2D eigenvalue weighted by Crippen LogP contribution is 2.24. The van der Waals surface area contributed by atoms with Gasteiger partial charge in [0.05, 0.1) is 28.6 Å². The van der Waals surface area contributed by atoms with Crippen LogP contribution in [0.2, 0.25) is 0 Å². The van der Waals surface area contributed by atoms with E-state index in [0.29, 0.717) is 22.6 Å². The van der Waals surface area contributed by atoms with Crippen LogP contribution < -0.4 is 5.32 Å². The molecule has 3 rings (SSSR count). The number of aromatic nitrogens is 2. The molecule has 1 heterocycles. The fraction of sp³-hybridized carbons (Fsp3) is 0.150. The quantitative estimate of drug-likeness (QED) is 0.776. The second-order valence-corrected chi connectivity index (χ2v) is 6.02. The molecule has 0 aliphatic carbocycles. The molecule has 130 valence electrons. The van der Waals surface area contributed by atoms with Crippen LogP contribution in [0.1, 0.15) is 32.7 Å². The summed E-state index contributed by atoms with van der Waals surface area (Å²) in [6.07, 6.45) is 0. The average Bonchev–Trinajstić information content (AvgIpc) is 2.92. The molecule has 6 heteroatoms. The zero-order chi connectivity index (χ0) is 18.8. The van der Waals surface area contributed by atoms with Crippen molar-refractivity contribution >= 4 is 11.7 Å². The van der Waals surface area contributed by atoms with Crippen LogP contribution in [-0.4, -0.2) is 15.7 Å². The normalized spacial score (nSPS) is 10.4. The van der Waals surface area contributed by atoms with Crippen LogP contribution in [0, 0.1) is 37.9 Å². The third-order valence-electron chi connectivity index (χ3n) is 4.27. The van der Waals surface area contributed by atoms with Gasteiger partial charge in [0.25, 0.3) is 5.91 Å². The number of aryl methyl sites for hydroxylation is 2. The molecule has 0 radical (unpaired) electrons. The molecule has 0 aliphatic rings. The van der Waals surface area contributed by atoms with Crippen LogP contribution in [0.5, 0.6) is 0 Å². The number of hydrogen-bond donors (Lipinski definition) is 1. The fourth-order valence-corrected chi connectivity index (χ4v) is 2.61. The summed E-state index contributed by atoms with van der Waals surface area (Å²) in [5.41, 5.74) is 3.15. The number of amides is 1. The summed E-state index contributed by atoms with van der Waals surface area (Å²) >= 11 is 0. The van der Waals surface area contributed by atoms with Crippen LogP contribution in [0.3, 0.4) is 0 Å². The molecule has 1 aromatic heterocycles. The molecule has 5 nitrogen and oxygen atoms in total. The van der Waals surface area contributed by atoms with Crippen LogP contribution in [0.25, 0.3) is 5.69 Å². The van der Waals surface area contributed by atoms with Gasteiger partial charge in [0.15, 0.2) is 0 Å². The SMILES string of the molecule is Cc1cccc(C(=O)Nc2c(C)c(C)nn2-c2ccc(C#N)cc2)c1F. The van der Waals surface area contributed by atoms with Gasteiger partial charge in [-0.15, -0.1) is 0 Å². The number of nitrogens with one attached hydrogen (secondary N) is 1. The molecule has 0 bridgehead atoms. The van der Waals surface area contributed by atoms with Crippen molar-refractivity contribution in [3.63, 3.8) is 0 Å². The van der Waals surface area contributed by atoms with Gasteiger partial charge in [0.1, 0.15) is 11.6 Å². The van der Waals surface area contributed by atoms with Gasteiger partial charge in [-0.05, 0) is 56.7 Å². The minimum Gasteiger partial charge on any atom is -0.306 e. The molecular formula is C20H17FN4O. The largest absolute Gasteiger partial charge is 0.306 e. The highest BCUT2D eigenvalue weighted by atomic mass is 19.1. The number of nitrogens with zero attached hydrogens (tertiary/aromatic N) is 3. The second kappa shape index (κ2) is 6.81. The summed E-state index contributed by atoms with van der Waals surface area (Å²) in [6.45, 7) is 5.28. The highest BCUT2D eigenvalue weighted by Gasteiger charge is 2.19. The van der Waals surface area contributed by atoms with Gasteiger partial charge in [-0.3, -0.25) is 4.79 Å². The first-order chi connectivity index (χ1) is 12.4. The van der Waals surface area contributed by atoms with E-state index in [-0.39, 0.29) is 5.56 Å². The Morgan fingerprint density at radius 2 is 1.85 bits per heavy atom. The van der Waals surface area contributed by atoms with Crippen LogP contribution in [-0.2, 0) is 0 Å². The molecule has 0 fully saturated rings. The monoisotopic (exact) mass is 348 g/mol. The van der Waals surface area contributed by atoms with Crippen LogP contribution in [0.4, 0.5) is 10.2 Å². The first kappa shape index (κ1) is 17.4. The topological polar surface area (TPSA) is 70.7 Å². The maximum absolute atomic E-state index is 14.3. The predicted octanol–water partition coefficient (Wildman–Crippen LogP) is 4.06. The van der Waals surface area contributed by atoms with Gasteiger partial charge in [-0.2, -0.15) is 10.4 Å². The van der Waals surface area contributed by atoms with E-state index in [1.807, 2.05) is 13.8 Å². The minimum atomic E-state index is -0.538. The van der Waals surface area contributed by atoms with Crippen molar-refractivity contribution in [3.8, 4) is 11.8 Å². The number of nitriles is 1. The molecule has 0 aliphatic heterocycles. The lowest BCUT2D eigenvalue weighted by Gasteiger charge is -2.11. The molecule has 0 spiro atoms. The Labute approximate surface area is 150 Å². The van der Waals surface area contributed by atoms with E-state index in [2.05, 4.69) is 16.5 Å². The Hall–Kier alpha value is -3.46. The first-order valence-corrected chi connectivity index (χ1v) is 8.05. The van der Waals surface area contributed by atoms with Crippen molar-refractivity contribution in [2.75, 3.05) is 5.32 Å². The number of carbonyl (C=O) groups excluding carboxylic acids is 1. The Balaban J connectivity index is 2.01. The third-order valence-corrected chi connectivity index (χ3v) is 4.27. The van der Waals surface area contributed by atoms with Gasteiger partial charge in [-0.1, -0.05) is 12.1 Å². The van der Waals surface area contributed by atoms with Gasteiger partial charge in [0.2, 0.25) is 0 Å². The lowest BCUT2D eigenvalue weighted by molar-refractivity contribution is 0.102. The Morgan fingerprint density at radius 3 is 2.50 bits per heavy atom. The van der Waals surface area contributed by atoms with Crippen molar-refractivity contribution in [1.82, 2.24) is 9.78 Å². The van der Waals surface area contributed by atoms with Crippen molar-refractivity contribution in [1.29, 1.82) is 5.26 Å². The van der Waals surface area contributed by atoms with Gasteiger partial charge >= 0.3 is 0 Å². The molecular weight excluding hydrogens is 331 g/mol. The summed E-state index contributed by atoms with van der Waals surface area (Å²) in [7, 11) is 0. The lowest BCUT2D eigenvalue weighted by atomic mass is 10.1. The van der Waals surface area contributed by atoms with Crippen molar-refractivity contribution in [2.45, 2.75) is 20.8 Å². The maximum atomic E-state index is 14.3. The fourth-order valence-electron chi connectivity index (χ4n) is 2.61. The van der Waals surface area contributed by atoms with E-state index < -0.39 is 11.7 Å². The van der Waals surface area contributed by atoms with Crippen LogP contribution in [0.15, 0.2) is 42.5 Å². The standard InChI is InChI=1S/C20H17FN4O/c1-12-5-4-6-17(18(12)21)20(26)23-19-13(2)14(3)24-25(19)16-9-7-15(11-22)8-10-16/h4-10H,1-3H3,(H,23,26). The zero-order valence-corrected chi connectivity index (χ0v) is 14.7. The lowest BCUT2D eigenvalue weighted by Crippen LogP contribution is -2.17. The number of rotatable bonds is 3. The average molecular weight is 348 g/mol. The first-order valence-electron chi connectivity index (χ1n) is 8.05. The Kier molecular flexibility index (Phi) is 4.55. The predicted molar refractivity (Wildman–Crippen MR) is 96.8 cm³/mol. The van der Waals surface area contributed by atoms with Gasteiger partial charge in [-0.25, -0.2) is 9.07 Å². The van der Waals surface area contributed by atoms with E-state index in [1.165, 1.54) is 6.07 Å². The van der Waals surface area contributed by atoms with Crippen molar-refractivity contribution < 1.29 is 9.18 Å². The number of halogens is 1. The van der Waals surface area contributed by atoms with Crippen molar-refractivity contribution in [2.24, 2.45) is 0 Å². The minimum absolute atomic E-state index is 0.0189. The smallest absolute Gasteiger partial charge is 0.259 e. The summed E-state index contributed by atoms with van der Waals surface area (Å²) in [6, 6.07) is 13.6. The molecule has 26 heavy (non-hydrogen) atoms. The maximum Gasteiger partial charge on any atom is 0.259 e. The van der Waals surface area contributed by atoms with E-state index in [0.717, 1.165) is 11.3 Å². The third kappa shape index (κ3) is 3.07. The Morgan fingerprint density at radius 1 is 1.15 bits per heavy atom. The summed E-state index contributed by atoms with van der Waals surface area (Å²) < 4.78 is 15.8. The molecule has 2 aromatic carbocycles. The number of benzene rings is 2. The number of carbonyl (C=O) groups is 1. The van der Waals surface area contributed by atoms with E-state index in [4.69, 9.17) is 5.26 Å². The Bertz CT molecular complexity index is 1030. The number of anilines is 1. The highest BCUT2D eigenvalue weighted by molar-refractivity contribution is 6.04. The van der Waals surface area contributed by atoms with E-state index in [1.54, 1.807) is 48.0 Å². The summed E-state index contributed by atoms with van der Waals surface area (Å²) in [5.74, 6) is -0.606. The van der Waals surface area contributed by atoms with E-state index >= 15 is 0 Å². The molecule has 0 atom stereocenters. The summed E-state index contributed by atoms with van der Waals surface area (Å²) in [4.78, 5) is 12.6. The molecule has 3 aromatic rings. The molecule has 0 saturated carbocycles. The molecule has 1 N–H and O–H groups in total. The molecule has 0 saturated heterocycles. The molecule has 1 amide bonds. The second-order valence-electron chi connectivity index (χ2n) is 6.02.